The Labute approximate surface area is 160 Å². The summed E-state index contributed by atoms with van der Waals surface area (Å²) in [5.74, 6) is -0.734. The van der Waals surface area contributed by atoms with Crippen LogP contribution < -0.4 is 5.32 Å². The Kier molecular flexibility index (Phi) is 6.84. The molecule has 0 bridgehead atoms. The molecule has 0 aliphatic rings. The van der Waals surface area contributed by atoms with E-state index in [0.29, 0.717) is 32.5 Å². The van der Waals surface area contributed by atoms with Gasteiger partial charge in [-0.05, 0) is 44.4 Å². The number of benzene rings is 1. The minimum atomic E-state index is -0.734. The van der Waals surface area contributed by atoms with Gasteiger partial charge in [-0.15, -0.1) is 0 Å². The second kappa shape index (κ2) is 8.69. The minimum Gasteiger partial charge on any atom is -0.481 e. The van der Waals surface area contributed by atoms with Crippen LogP contribution in [0.15, 0.2) is 24.3 Å². The van der Waals surface area contributed by atoms with Crippen molar-refractivity contribution in [1.82, 2.24) is 15.1 Å². The average molecular weight is 378 g/mol. The van der Waals surface area contributed by atoms with E-state index in [1.54, 1.807) is 0 Å². The van der Waals surface area contributed by atoms with Gasteiger partial charge < -0.3 is 10.4 Å². The van der Waals surface area contributed by atoms with Gasteiger partial charge in [0.05, 0.1) is 17.7 Å². The number of aliphatic carboxylic acids is 1. The van der Waals surface area contributed by atoms with Gasteiger partial charge in [-0.1, -0.05) is 37.6 Å². The van der Waals surface area contributed by atoms with Crippen LogP contribution in [0.4, 0.5) is 0 Å². The maximum atomic E-state index is 11.6. The molecule has 0 amide bonds. The number of aromatic nitrogens is 2. The summed E-state index contributed by atoms with van der Waals surface area (Å²) in [6.07, 6.45) is 1.22. The van der Waals surface area contributed by atoms with Crippen LogP contribution in [0.5, 0.6) is 0 Å². The quantitative estimate of drug-likeness (QED) is 0.687. The third kappa shape index (κ3) is 4.46. The van der Waals surface area contributed by atoms with Crippen LogP contribution in [0.25, 0.3) is 0 Å². The van der Waals surface area contributed by atoms with Crippen LogP contribution in [-0.4, -0.2) is 27.4 Å². The smallest absolute Gasteiger partial charge is 0.310 e. The Morgan fingerprint density at radius 1 is 1.23 bits per heavy atom. The molecule has 2 aromatic rings. The second-order valence-electron chi connectivity index (χ2n) is 6.83. The Morgan fingerprint density at radius 2 is 1.85 bits per heavy atom. The molecule has 0 unspecified atom stereocenters. The largest absolute Gasteiger partial charge is 0.481 e. The molecule has 26 heavy (non-hydrogen) atoms. The van der Waals surface area contributed by atoms with Gasteiger partial charge in [0.2, 0.25) is 0 Å². The van der Waals surface area contributed by atoms with Crippen LogP contribution in [0.2, 0.25) is 5.02 Å². The first-order valence-corrected chi connectivity index (χ1v) is 9.42. The van der Waals surface area contributed by atoms with Crippen molar-refractivity contribution in [3.8, 4) is 0 Å². The highest BCUT2D eigenvalue weighted by atomic mass is 35.5. The summed E-state index contributed by atoms with van der Waals surface area (Å²) in [7, 11) is 0. The molecule has 2 rings (SSSR count). The number of carboxylic acid groups (broad SMARTS) is 1. The number of hydrogen-bond donors (Lipinski definition) is 2. The zero-order valence-electron chi connectivity index (χ0n) is 16.0. The molecular formula is C20H28ClN3O2. The third-order valence-electron chi connectivity index (χ3n) is 5.35. The first-order chi connectivity index (χ1) is 12.3. The fraction of sp³-hybridized carbons (Fsp3) is 0.500. The molecule has 0 radical (unpaired) electrons. The normalized spacial score (nSPS) is 11.7. The van der Waals surface area contributed by atoms with Gasteiger partial charge in [-0.3, -0.25) is 9.48 Å². The number of carboxylic acids is 1. The summed E-state index contributed by atoms with van der Waals surface area (Å²) < 4.78 is 1.99. The van der Waals surface area contributed by atoms with Crippen molar-refractivity contribution in [2.45, 2.75) is 53.6 Å². The van der Waals surface area contributed by atoms with Crippen molar-refractivity contribution >= 4 is 17.6 Å². The predicted octanol–water partition coefficient (Wildman–Crippen LogP) is 4.18. The maximum Gasteiger partial charge on any atom is 0.310 e. The number of hydrogen-bond acceptors (Lipinski definition) is 3. The number of nitrogens with zero attached hydrogens (tertiary/aromatic N) is 2. The molecule has 0 aliphatic heterocycles. The zero-order chi connectivity index (χ0) is 19.3. The summed E-state index contributed by atoms with van der Waals surface area (Å²) in [4.78, 5) is 11.6. The van der Waals surface area contributed by atoms with Crippen molar-refractivity contribution < 1.29 is 9.90 Å². The molecule has 0 spiro atoms. The fourth-order valence-corrected chi connectivity index (χ4v) is 3.34. The molecule has 0 saturated carbocycles. The molecule has 0 atom stereocenters. The Hall–Kier alpha value is -1.85. The average Bonchev–Trinajstić information content (AvgIpc) is 2.88. The molecule has 6 heteroatoms. The van der Waals surface area contributed by atoms with Crippen molar-refractivity contribution in [3.05, 3.63) is 51.8 Å². The zero-order valence-corrected chi connectivity index (χ0v) is 16.7. The summed E-state index contributed by atoms with van der Waals surface area (Å²) >= 11 is 5.94. The molecule has 1 aromatic heterocycles. The van der Waals surface area contributed by atoms with Crippen LogP contribution in [0.3, 0.4) is 0 Å². The monoisotopic (exact) mass is 377 g/mol. The molecule has 2 N–H and O–H groups in total. The Morgan fingerprint density at radius 3 is 2.38 bits per heavy atom. The van der Waals surface area contributed by atoms with E-state index in [4.69, 9.17) is 11.6 Å². The molecule has 1 heterocycles. The molecule has 0 saturated heterocycles. The van der Waals surface area contributed by atoms with E-state index in [-0.39, 0.29) is 0 Å². The number of carbonyl (C=O) groups is 1. The fourth-order valence-electron chi connectivity index (χ4n) is 3.21. The second-order valence-corrected chi connectivity index (χ2v) is 7.27. The summed E-state index contributed by atoms with van der Waals surface area (Å²) in [6.45, 7) is 9.67. The van der Waals surface area contributed by atoms with Crippen molar-refractivity contribution in [2.24, 2.45) is 5.41 Å². The molecule has 142 valence electrons. The van der Waals surface area contributed by atoms with Crippen LogP contribution >= 0.6 is 11.6 Å². The van der Waals surface area contributed by atoms with Crippen molar-refractivity contribution in [1.29, 1.82) is 0 Å². The van der Waals surface area contributed by atoms with E-state index >= 15 is 0 Å². The van der Waals surface area contributed by atoms with E-state index in [0.717, 1.165) is 27.5 Å². The van der Waals surface area contributed by atoms with Crippen LogP contribution in [0, 0.1) is 19.3 Å². The van der Waals surface area contributed by atoms with Crippen molar-refractivity contribution in [3.63, 3.8) is 0 Å². The standard InChI is InChI=1S/C20H28ClN3O2/c1-5-20(6-2,19(25)26)13-22-11-18-14(3)23-24(15(18)4)12-16-7-9-17(21)10-8-16/h7-10,22H,5-6,11-13H2,1-4H3,(H,25,26). The van der Waals surface area contributed by atoms with E-state index in [9.17, 15) is 9.90 Å². The number of halogens is 1. The van der Waals surface area contributed by atoms with Gasteiger partial charge in [0, 0.05) is 29.4 Å². The van der Waals surface area contributed by atoms with E-state index in [1.807, 2.05) is 49.7 Å². The van der Waals surface area contributed by atoms with Gasteiger partial charge in [-0.25, -0.2) is 0 Å². The first-order valence-electron chi connectivity index (χ1n) is 9.04. The maximum absolute atomic E-state index is 11.6. The highest BCUT2D eigenvalue weighted by Crippen LogP contribution is 2.26. The number of nitrogens with one attached hydrogen (secondary N) is 1. The lowest BCUT2D eigenvalue weighted by molar-refractivity contribution is -0.149. The summed E-state index contributed by atoms with van der Waals surface area (Å²) in [5, 5.41) is 18.3. The summed E-state index contributed by atoms with van der Waals surface area (Å²) in [5.41, 5.74) is 3.63. The van der Waals surface area contributed by atoms with E-state index in [1.165, 1.54) is 0 Å². The van der Waals surface area contributed by atoms with Crippen molar-refractivity contribution in [2.75, 3.05) is 6.54 Å². The Balaban J connectivity index is 2.08. The van der Waals surface area contributed by atoms with Gasteiger partial charge in [0.1, 0.15) is 0 Å². The lowest BCUT2D eigenvalue weighted by Gasteiger charge is -2.27. The van der Waals surface area contributed by atoms with Gasteiger partial charge in [-0.2, -0.15) is 5.10 Å². The van der Waals surface area contributed by atoms with Crippen LogP contribution in [0.1, 0.15) is 49.2 Å². The number of rotatable bonds is 9. The van der Waals surface area contributed by atoms with Gasteiger partial charge >= 0.3 is 5.97 Å². The molecule has 0 fully saturated rings. The first kappa shape index (κ1) is 20.5. The van der Waals surface area contributed by atoms with E-state index in [2.05, 4.69) is 17.3 Å². The molecule has 5 nitrogen and oxygen atoms in total. The minimum absolute atomic E-state index is 0.455. The molecule has 0 aliphatic carbocycles. The van der Waals surface area contributed by atoms with Crippen LogP contribution in [-0.2, 0) is 17.9 Å². The van der Waals surface area contributed by atoms with Gasteiger partial charge in [0.25, 0.3) is 0 Å². The predicted molar refractivity (Wildman–Crippen MR) is 105 cm³/mol. The third-order valence-corrected chi connectivity index (χ3v) is 5.60. The van der Waals surface area contributed by atoms with Gasteiger partial charge in [0.15, 0.2) is 0 Å². The lowest BCUT2D eigenvalue weighted by atomic mass is 9.82. The SMILES string of the molecule is CCC(CC)(CNCc1c(C)nn(Cc2ccc(Cl)cc2)c1C)C(=O)O. The lowest BCUT2D eigenvalue weighted by Crippen LogP contribution is -2.40. The topological polar surface area (TPSA) is 67.2 Å². The number of aryl methyl sites for hydroxylation is 1. The summed E-state index contributed by atoms with van der Waals surface area (Å²) in [6, 6.07) is 7.76. The van der Waals surface area contributed by atoms with E-state index < -0.39 is 11.4 Å². The highest BCUT2D eigenvalue weighted by Gasteiger charge is 2.34. The Bertz CT molecular complexity index is 749. The molecular weight excluding hydrogens is 350 g/mol. The molecule has 1 aromatic carbocycles. The highest BCUT2D eigenvalue weighted by molar-refractivity contribution is 6.30.